The van der Waals surface area contributed by atoms with Gasteiger partial charge in [0.25, 0.3) is 5.56 Å². The number of hydrogen-bond donors (Lipinski definition) is 0. The Balaban J connectivity index is 2.15. The van der Waals surface area contributed by atoms with Crippen molar-refractivity contribution in [3.8, 4) is 17.3 Å². The lowest BCUT2D eigenvalue weighted by Crippen LogP contribution is -2.30. The third-order valence-electron chi connectivity index (χ3n) is 4.47. The minimum atomic E-state index is 0.00908. The van der Waals surface area contributed by atoms with Crippen molar-refractivity contribution >= 4 is 0 Å². The van der Waals surface area contributed by atoms with E-state index in [4.69, 9.17) is 5.26 Å². The third-order valence-corrected chi connectivity index (χ3v) is 4.47. The van der Waals surface area contributed by atoms with Crippen LogP contribution in [0.2, 0.25) is 0 Å². The van der Waals surface area contributed by atoms with Crippen LogP contribution in [0.3, 0.4) is 0 Å². The normalized spacial score (nSPS) is 15.4. The Bertz CT molecular complexity index is 734. The summed E-state index contributed by atoms with van der Waals surface area (Å²) in [6.45, 7) is 0. The molecule has 3 rings (SSSR count). The van der Waals surface area contributed by atoms with E-state index in [9.17, 15) is 4.79 Å². The molecule has 0 unspecified atom stereocenters. The highest BCUT2D eigenvalue weighted by Crippen LogP contribution is 2.31. The van der Waals surface area contributed by atoms with Crippen molar-refractivity contribution < 1.29 is 0 Å². The minimum Gasteiger partial charge on any atom is -0.305 e. The van der Waals surface area contributed by atoms with E-state index in [1.807, 2.05) is 47.0 Å². The Morgan fingerprint density at radius 3 is 2.45 bits per heavy atom. The van der Waals surface area contributed by atoms with Crippen molar-refractivity contribution in [3.05, 3.63) is 58.4 Å². The number of benzene rings is 1. The van der Waals surface area contributed by atoms with E-state index in [0.29, 0.717) is 5.56 Å². The van der Waals surface area contributed by atoms with E-state index in [1.165, 1.54) is 19.3 Å². The van der Waals surface area contributed by atoms with E-state index < -0.39 is 0 Å². The topological polar surface area (TPSA) is 45.8 Å². The van der Waals surface area contributed by atoms with Crippen molar-refractivity contribution in [3.63, 3.8) is 0 Å². The van der Waals surface area contributed by atoms with Crippen molar-refractivity contribution in [2.75, 3.05) is 0 Å². The van der Waals surface area contributed by atoms with E-state index in [1.54, 1.807) is 0 Å². The molecule has 0 atom stereocenters. The second-order valence-corrected chi connectivity index (χ2v) is 5.91. The molecule has 1 aliphatic carbocycles. The molecule has 3 nitrogen and oxygen atoms in total. The average molecular weight is 292 g/mol. The number of hydrogen-bond acceptors (Lipinski definition) is 2. The molecule has 0 radical (unpaired) electrons. The summed E-state index contributed by atoms with van der Waals surface area (Å²) in [6.07, 6.45) is 5.89. The smallest absolute Gasteiger partial charge is 0.255 e. The summed E-state index contributed by atoms with van der Waals surface area (Å²) >= 11 is 0. The maximum Gasteiger partial charge on any atom is 0.255 e. The van der Waals surface area contributed by atoms with Crippen LogP contribution in [-0.2, 0) is 6.42 Å². The molecule has 112 valence electrons. The fourth-order valence-corrected chi connectivity index (χ4v) is 3.36. The molecule has 0 spiro atoms. The predicted molar refractivity (Wildman–Crippen MR) is 87.6 cm³/mol. The molecule has 0 bridgehead atoms. The zero-order chi connectivity index (χ0) is 15.4. The lowest BCUT2D eigenvalue weighted by molar-refractivity contribution is 0.348. The second kappa shape index (κ2) is 6.62. The highest BCUT2D eigenvalue weighted by Gasteiger charge is 2.21. The molecule has 3 heteroatoms. The molecule has 1 aliphatic rings. The van der Waals surface area contributed by atoms with Crippen LogP contribution in [0.4, 0.5) is 0 Å². The average Bonchev–Trinajstić information content (AvgIpc) is 2.58. The molecule has 0 N–H and O–H groups in total. The quantitative estimate of drug-likeness (QED) is 0.855. The molecule has 0 amide bonds. The molecule has 2 aromatic rings. The lowest BCUT2D eigenvalue weighted by atomic mass is 9.94. The number of aromatic nitrogens is 1. The van der Waals surface area contributed by atoms with Gasteiger partial charge in [-0.1, -0.05) is 55.7 Å². The lowest BCUT2D eigenvalue weighted by Gasteiger charge is -2.27. The maximum absolute atomic E-state index is 12.9. The standard InChI is InChI=1S/C19H20N2O/c20-14-13-16-11-12-18(15-7-3-1-4-8-15)21(19(16)22)17-9-5-2-6-10-17/h1,3-4,7-8,11-12,17H,2,5-6,9-10,13H2. The van der Waals surface area contributed by atoms with Crippen LogP contribution in [0.1, 0.15) is 43.7 Å². The maximum atomic E-state index is 12.9. The summed E-state index contributed by atoms with van der Waals surface area (Å²) in [7, 11) is 0. The van der Waals surface area contributed by atoms with Gasteiger partial charge < -0.3 is 4.57 Å². The number of nitrogens with zero attached hydrogens (tertiary/aromatic N) is 2. The molecule has 0 saturated heterocycles. The number of pyridine rings is 1. The molecule has 0 aliphatic heterocycles. The molecule has 22 heavy (non-hydrogen) atoms. The van der Waals surface area contributed by atoms with E-state index >= 15 is 0 Å². The predicted octanol–water partition coefficient (Wildman–Crippen LogP) is 4.09. The second-order valence-electron chi connectivity index (χ2n) is 5.91. The Morgan fingerprint density at radius 1 is 1.05 bits per heavy atom. The molecule has 1 aromatic carbocycles. The van der Waals surface area contributed by atoms with E-state index in [0.717, 1.165) is 24.1 Å². The SMILES string of the molecule is N#CCc1ccc(-c2ccccc2)n(C2CCCCC2)c1=O. The van der Waals surface area contributed by atoms with E-state index in [-0.39, 0.29) is 18.0 Å². The first kappa shape index (κ1) is 14.6. The van der Waals surface area contributed by atoms with Crippen molar-refractivity contribution in [1.29, 1.82) is 5.26 Å². The summed E-state index contributed by atoms with van der Waals surface area (Å²) in [5, 5.41) is 8.93. The van der Waals surface area contributed by atoms with Crippen molar-refractivity contribution in [2.24, 2.45) is 0 Å². The first-order chi connectivity index (χ1) is 10.8. The molecule has 1 saturated carbocycles. The fraction of sp³-hybridized carbons (Fsp3) is 0.368. The first-order valence-electron chi connectivity index (χ1n) is 7.98. The highest BCUT2D eigenvalue weighted by atomic mass is 16.1. The summed E-state index contributed by atoms with van der Waals surface area (Å²) in [5.74, 6) is 0. The van der Waals surface area contributed by atoms with Crippen molar-refractivity contribution in [2.45, 2.75) is 44.6 Å². The number of nitriles is 1. The van der Waals surface area contributed by atoms with Gasteiger partial charge in [0.05, 0.1) is 18.2 Å². The van der Waals surface area contributed by atoms with Gasteiger partial charge in [-0.05, 0) is 24.5 Å². The van der Waals surface area contributed by atoms with Gasteiger partial charge in [-0.15, -0.1) is 0 Å². The molecule has 1 fully saturated rings. The van der Waals surface area contributed by atoms with Gasteiger partial charge in [0.2, 0.25) is 0 Å². The monoisotopic (exact) mass is 292 g/mol. The third kappa shape index (κ3) is 2.82. The first-order valence-corrected chi connectivity index (χ1v) is 7.98. The van der Waals surface area contributed by atoms with Crippen LogP contribution in [-0.4, -0.2) is 4.57 Å². The summed E-state index contributed by atoms with van der Waals surface area (Å²) in [4.78, 5) is 12.9. The van der Waals surface area contributed by atoms with Crippen LogP contribution in [0, 0.1) is 11.3 Å². The minimum absolute atomic E-state index is 0.00908. The zero-order valence-corrected chi connectivity index (χ0v) is 12.7. The van der Waals surface area contributed by atoms with Gasteiger partial charge in [0, 0.05) is 11.6 Å². The summed E-state index contributed by atoms with van der Waals surface area (Å²) < 4.78 is 1.95. The fourth-order valence-electron chi connectivity index (χ4n) is 3.36. The number of rotatable bonds is 3. The van der Waals surface area contributed by atoms with Gasteiger partial charge in [-0.25, -0.2) is 0 Å². The van der Waals surface area contributed by atoms with Crippen LogP contribution in [0.5, 0.6) is 0 Å². The summed E-state index contributed by atoms with van der Waals surface area (Å²) in [5.41, 5.74) is 2.65. The van der Waals surface area contributed by atoms with Gasteiger partial charge in [-0.2, -0.15) is 5.26 Å². The van der Waals surface area contributed by atoms with Crippen LogP contribution in [0.25, 0.3) is 11.3 Å². The largest absolute Gasteiger partial charge is 0.305 e. The van der Waals surface area contributed by atoms with Gasteiger partial charge in [0.15, 0.2) is 0 Å². The summed E-state index contributed by atoms with van der Waals surface area (Å²) in [6, 6.07) is 16.2. The Kier molecular flexibility index (Phi) is 4.39. The van der Waals surface area contributed by atoms with Gasteiger partial charge >= 0.3 is 0 Å². The highest BCUT2D eigenvalue weighted by molar-refractivity contribution is 5.60. The molecular formula is C19H20N2O. The Morgan fingerprint density at radius 2 is 1.77 bits per heavy atom. The van der Waals surface area contributed by atoms with Gasteiger partial charge in [-0.3, -0.25) is 4.79 Å². The van der Waals surface area contributed by atoms with Crippen LogP contribution < -0.4 is 5.56 Å². The molecule has 1 heterocycles. The van der Waals surface area contributed by atoms with Crippen LogP contribution >= 0.6 is 0 Å². The molecule has 1 aromatic heterocycles. The van der Waals surface area contributed by atoms with Crippen LogP contribution in [0.15, 0.2) is 47.3 Å². The van der Waals surface area contributed by atoms with Gasteiger partial charge in [0.1, 0.15) is 0 Å². The van der Waals surface area contributed by atoms with Crippen molar-refractivity contribution in [1.82, 2.24) is 4.57 Å². The Hall–Kier alpha value is -2.34. The van der Waals surface area contributed by atoms with E-state index in [2.05, 4.69) is 6.07 Å². The molecular weight excluding hydrogens is 272 g/mol. The Labute approximate surface area is 130 Å². The zero-order valence-electron chi connectivity index (χ0n) is 12.7.